The minimum Gasteiger partial charge on any atom is -0.319 e. The predicted molar refractivity (Wildman–Crippen MR) is 98.1 cm³/mol. The number of hydrogen-bond donors (Lipinski definition) is 1. The Hall–Kier alpha value is -2.35. The Kier molecular flexibility index (Phi) is 5.28. The first-order valence-electron chi connectivity index (χ1n) is 8.73. The highest BCUT2D eigenvalue weighted by Gasteiger charge is 2.50. The highest BCUT2D eigenvalue weighted by atomic mass is 32.1. The Morgan fingerprint density at radius 1 is 1.30 bits per heavy atom. The summed E-state index contributed by atoms with van der Waals surface area (Å²) in [5.41, 5.74) is -1.25. The van der Waals surface area contributed by atoms with Crippen molar-refractivity contribution in [3.63, 3.8) is 0 Å². The van der Waals surface area contributed by atoms with E-state index < -0.39 is 29.1 Å². The van der Waals surface area contributed by atoms with Crippen molar-refractivity contribution < 1.29 is 18.4 Å². The first-order chi connectivity index (χ1) is 12.7. The van der Waals surface area contributed by atoms with Gasteiger partial charge in [-0.1, -0.05) is 13.8 Å². The van der Waals surface area contributed by atoms with Crippen LogP contribution in [0, 0.1) is 17.6 Å². The van der Waals surface area contributed by atoms with Crippen molar-refractivity contribution in [2.24, 2.45) is 5.92 Å². The molecule has 8 heteroatoms. The number of hydrogen-bond acceptors (Lipinski definition) is 4. The zero-order valence-corrected chi connectivity index (χ0v) is 16.2. The van der Waals surface area contributed by atoms with E-state index >= 15 is 0 Å². The zero-order chi connectivity index (χ0) is 19.8. The molecule has 0 radical (unpaired) electrons. The Balaban J connectivity index is 1.79. The summed E-state index contributed by atoms with van der Waals surface area (Å²) < 4.78 is 27.7. The normalized spacial score (nSPS) is 19.9. The van der Waals surface area contributed by atoms with Gasteiger partial charge < -0.3 is 5.32 Å². The minimum absolute atomic E-state index is 0.00459. The molecule has 1 aromatic heterocycles. The second-order valence-electron chi connectivity index (χ2n) is 7.24. The standard InChI is InChI=1S/C19H21F2N3O2S/c1-11(2)4-7-16-22-13(10-27-16)9-24-17(25)19(3,23-18(24)26)14-8-12(20)5-6-15(14)21/h5-6,8,10-11H,4,7,9H2,1-3H3,(H,23,26). The zero-order valence-electron chi connectivity index (χ0n) is 15.4. The first kappa shape index (κ1) is 19.4. The van der Waals surface area contributed by atoms with Gasteiger partial charge in [0.05, 0.1) is 17.2 Å². The van der Waals surface area contributed by atoms with E-state index in [9.17, 15) is 18.4 Å². The van der Waals surface area contributed by atoms with Gasteiger partial charge >= 0.3 is 6.03 Å². The van der Waals surface area contributed by atoms with Crippen LogP contribution >= 0.6 is 11.3 Å². The van der Waals surface area contributed by atoms with Crippen LogP contribution < -0.4 is 5.32 Å². The maximum atomic E-state index is 14.2. The third kappa shape index (κ3) is 3.85. The molecule has 5 nitrogen and oxygen atoms in total. The number of urea groups is 1. The number of carbonyl (C=O) groups is 2. The van der Waals surface area contributed by atoms with E-state index in [0.29, 0.717) is 11.6 Å². The molecule has 1 fully saturated rings. The molecule has 1 unspecified atom stereocenters. The molecule has 1 aromatic carbocycles. The lowest BCUT2D eigenvalue weighted by Gasteiger charge is -2.22. The number of amides is 3. The number of carbonyl (C=O) groups excluding carboxylic acids is 2. The molecule has 0 saturated carbocycles. The van der Waals surface area contributed by atoms with Gasteiger partial charge in [-0.15, -0.1) is 11.3 Å². The lowest BCUT2D eigenvalue weighted by molar-refractivity contribution is -0.131. The van der Waals surface area contributed by atoms with Gasteiger partial charge in [-0.3, -0.25) is 9.69 Å². The van der Waals surface area contributed by atoms with Gasteiger partial charge in [-0.05, 0) is 43.9 Å². The van der Waals surface area contributed by atoms with E-state index in [1.54, 1.807) is 0 Å². The fourth-order valence-electron chi connectivity index (χ4n) is 3.01. The summed E-state index contributed by atoms with van der Waals surface area (Å²) in [5.74, 6) is -1.50. The largest absolute Gasteiger partial charge is 0.325 e. The summed E-state index contributed by atoms with van der Waals surface area (Å²) in [7, 11) is 0. The number of rotatable bonds is 6. The van der Waals surface area contributed by atoms with Crippen molar-refractivity contribution in [2.75, 3.05) is 0 Å². The van der Waals surface area contributed by atoms with Crippen molar-refractivity contribution >= 4 is 23.3 Å². The van der Waals surface area contributed by atoms with Crippen molar-refractivity contribution in [2.45, 2.75) is 45.7 Å². The second kappa shape index (κ2) is 7.34. The second-order valence-corrected chi connectivity index (χ2v) is 8.18. The van der Waals surface area contributed by atoms with Crippen molar-refractivity contribution in [3.8, 4) is 0 Å². The predicted octanol–water partition coefficient (Wildman–Crippen LogP) is 3.98. The summed E-state index contributed by atoms with van der Waals surface area (Å²) >= 11 is 1.49. The van der Waals surface area contributed by atoms with E-state index in [0.717, 1.165) is 40.9 Å². The van der Waals surface area contributed by atoms with Crippen LogP contribution in [0.15, 0.2) is 23.6 Å². The Morgan fingerprint density at radius 2 is 2.04 bits per heavy atom. The minimum atomic E-state index is -1.65. The average molecular weight is 393 g/mol. The van der Waals surface area contributed by atoms with Gasteiger partial charge in [-0.2, -0.15) is 0 Å². The molecule has 0 aliphatic carbocycles. The molecule has 0 spiro atoms. The van der Waals surface area contributed by atoms with Crippen molar-refractivity contribution in [1.29, 1.82) is 0 Å². The molecule has 1 saturated heterocycles. The molecule has 3 amide bonds. The highest BCUT2D eigenvalue weighted by Crippen LogP contribution is 2.32. The van der Waals surface area contributed by atoms with E-state index in [2.05, 4.69) is 24.1 Å². The fraction of sp³-hybridized carbons (Fsp3) is 0.421. The van der Waals surface area contributed by atoms with Gasteiger partial charge in [0.2, 0.25) is 0 Å². The summed E-state index contributed by atoms with van der Waals surface area (Å²) in [6, 6.07) is 2.20. The van der Waals surface area contributed by atoms with Crippen molar-refractivity contribution in [1.82, 2.24) is 15.2 Å². The quantitative estimate of drug-likeness (QED) is 0.755. The van der Waals surface area contributed by atoms with Crippen LogP contribution in [0.3, 0.4) is 0 Å². The van der Waals surface area contributed by atoms with Crippen LogP contribution in [-0.2, 0) is 23.3 Å². The highest BCUT2D eigenvalue weighted by molar-refractivity contribution is 7.09. The van der Waals surface area contributed by atoms with E-state index in [1.165, 1.54) is 18.3 Å². The molecule has 1 aliphatic heterocycles. The number of halogens is 2. The van der Waals surface area contributed by atoms with Gasteiger partial charge in [0.25, 0.3) is 5.91 Å². The third-order valence-electron chi connectivity index (χ3n) is 4.60. The number of nitrogens with zero attached hydrogens (tertiary/aromatic N) is 2. The van der Waals surface area contributed by atoms with Gasteiger partial charge in [-0.25, -0.2) is 18.6 Å². The van der Waals surface area contributed by atoms with Crippen LogP contribution in [0.1, 0.15) is 43.5 Å². The molecule has 2 aromatic rings. The number of imide groups is 1. The number of benzene rings is 1. The van der Waals surface area contributed by atoms with Crippen LogP contribution in [-0.4, -0.2) is 21.8 Å². The average Bonchev–Trinajstić information content (AvgIpc) is 3.14. The van der Waals surface area contributed by atoms with E-state index in [1.807, 2.05) is 5.38 Å². The summed E-state index contributed by atoms with van der Waals surface area (Å²) in [6.45, 7) is 5.64. The molecule has 144 valence electrons. The van der Waals surface area contributed by atoms with Crippen LogP contribution in [0.4, 0.5) is 13.6 Å². The summed E-state index contributed by atoms with van der Waals surface area (Å²) in [5, 5.41) is 5.25. The smallest absolute Gasteiger partial charge is 0.319 e. The topological polar surface area (TPSA) is 62.3 Å². The molecular weight excluding hydrogens is 372 g/mol. The molecule has 0 bridgehead atoms. The Bertz CT molecular complexity index is 884. The van der Waals surface area contributed by atoms with E-state index in [4.69, 9.17) is 0 Å². The lowest BCUT2D eigenvalue weighted by Crippen LogP contribution is -2.41. The monoisotopic (exact) mass is 393 g/mol. The molecular formula is C19H21F2N3O2S. The Morgan fingerprint density at radius 3 is 2.74 bits per heavy atom. The Labute approximate surface area is 160 Å². The maximum Gasteiger partial charge on any atom is 0.325 e. The molecule has 1 aliphatic rings. The number of aryl methyl sites for hydroxylation is 1. The molecule has 1 atom stereocenters. The van der Waals surface area contributed by atoms with Gasteiger partial charge in [0, 0.05) is 10.9 Å². The molecule has 2 heterocycles. The van der Waals surface area contributed by atoms with Crippen LogP contribution in [0.2, 0.25) is 0 Å². The molecule has 27 heavy (non-hydrogen) atoms. The number of thiazole rings is 1. The SMILES string of the molecule is CC(C)CCc1nc(CN2C(=O)NC(C)(c3cc(F)ccc3F)C2=O)cs1. The fourth-order valence-corrected chi connectivity index (χ4v) is 3.82. The molecule has 3 rings (SSSR count). The summed E-state index contributed by atoms with van der Waals surface area (Å²) in [4.78, 5) is 30.7. The van der Waals surface area contributed by atoms with Crippen LogP contribution in [0.25, 0.3) is 0 Å². The molecule has 1 N–H and O–H groups in total. The lowest BCUT2D eigenvalue weighted by atomic mass is 9.91. The first-order valence-corrected chi connectivity index (χ1v) is 9.61. The van der Waals surface area contributed by atoms with Gasteiger partial charge in [0.15, 0.2) is 0 Å². The van der Waals surface area contributed by atoms with Crippen molar-refractivity contribution in [3.05, 3.63) is 51.5 Å². The summed E-state index contributed by atoms with van der Waals surface area (Å²) in [6.07, 6.45) is 1.85. The number of aromatic nitrogens is 1. The van der Waals surface area contributed by atoms with Crippen LogP contribution in [0.5, 0.6) is 0 Å². The number of nitrogens with one attached hydrogen (secondary N) is 1. The van der Waals surface area contributed by atoms with Gasteiger partial charge in [0.1, 0.15) is 17.2 Å². The maximum absolute atomic E-state index is 14.2. The van der Waals surface area contributed by atoms with E-state index in [-0.39, 0.29) is 12.1 Å². The third-order valence-corrected chi connectivity index (χ3v) is 5.55.